The summed E-state index contributed by atoms with van der Waals surface area (Å²) >= 11 is 0. The molecule has 0 N–H and O–H groups in total. The van der Waals surface area contributed by atoms with Crippen molar-refractivity contribution in [2.75, 3.05) is 0 Å². The van der Waals surface area contributed by atoms with E-state index in [-0.39, 0.29) is 0 Å². The Hall–Kier alpha value is -2.50. The van der Waals surface area contributed by atoms with E-state index in [0.717, 1.165) is 22.8 Å². The highest BCUT2D eigenvalue weighted by molar-refractivity contribution is 5.32. The van der Waals surface area contributed by atoms with Crippen molar-refractivity contribution in [3.63, 3.8) is 0 Å². The SMILES string of the molecule is Cc1c[n+](-c2cccc(-[n+]3cc(C)n(C)n3)c2)nn1C. The van der Waals surface area contributed by atoms with Gasteiger partial charge in [-0.1, -0.05) is 6.07 Å². The highest BCUT2D eigenvalue weighted by Gasteiger charge is 2.15. The summed E-state index contributed by atoms with van der Waals surface area (Å²) in [7, 11) is 3.87. The van der Waals surface area contributed by atoms with E-state index in [4.69, 9.17) is 0 Å². The van der Waals surface area contributed by atoms with E-state index in [9.17, 15) is 0 Å². The summed E-state index contributed by atoms with van der Waals surface area (Å²) in [6.07, 6.45) is 4.01. The largest absolute Gasteiger partial charge is 0.164 e. The van der Waals surface area contributed by atoms with Crippen LogP contribution in [0.4, 0.5) is 0 Å². The van der Waals surface area contributed by atoms with Crippen LogP contribution in [0.5, 0.6) is 0 Å². The second-order valence-corrected chi connectivity index (χ2v) is 4.98. The first-order valence-corrected chi connectivity index (χ1v) is 6.50. The summed E-state index contributed by atoms with van der Waals surface area (Å²) in [5.41, 5.74) is 4.25. The van der Waals surface area contributed by atoms with Gasteiger partial charge >= 0.3 is 0 Å². The maximum Gasteiger partial charge on any atom is 0.164 e. The number of rotatable bonds is 2. The molecule has 0 atom stereocenters. The van der Waals surface area contributed by atoms with Gasteiger partial charge in [-0.25, -0.2) is 0 Å². The third kappa shape index (κ3) is 2.09. The normalized spacial score (nSPS) is 11.0. The molecule has 6 nitrogen and oxygen atoms in total. The third-order valence-electron chi connectivity index (χ3n) is 3.46. The van der Waals surface area contributed by atoms with Gasteiger partial charge in [0.2, 0.25) is 0 Å². The van der Waals surface area contributed by atoms with Gasteiger partial charge in [0.25, 0.3) is 0 Å². The van der Waals surface area contributed by atoms with Crippen LogP contribution in [-0.4, -0.2) is 19.8 Å². The van der Waals surface area contributed by atoms with Gasteiger partial charge < -0.3 is 0 Å². The van der Waals surface area contributed by atoms with Crippen molar-refractivity contribution >= 4 is 0 Å². The van der Waals surface area contributed by atoms with Crippen LogP contribution < -0.4 is 9.36 Å². The Morgan fingerprint density at radius 3 is 1.65 bits per heavy atom. The van der Waals surface area contributed by atoms with E-state index in [1.165, 1.54) is 0 Å². The molecule has 20 heavy (non-hydrogen) atoms. The van der Waals surface area contributed by atoms with Gasteiger partial charge in [0.15, 0.2) is 35.2 Å². The van der Waals surface area contributed by atoms with Gasteiger partial charge in [-0.3, -0.25) is 0 Å². The second kappa shape index (κ2) is 4.56. The summed E-state index contributed by atoms with van der Waals surface area (Å²) in [6, 6.07) is 8.15. The van der Waals surface area contributed by atoms with Crippen LogP contribution >= 0.6 is 0 Å². The Kier molecular flexibility index (Phi) is 2.85. The first-order chi connectivity index (χ1) is 9.54. The van der Waals surface area contributed by atoms with Gasteiger partial charge in [-0.2, -0.15) is 0 Å². The molecule has 0 amide bonds. The number of aromatic nitrogens is 6. The Morgan fingerprint density at radius 2 is 1.30 bits per heavy atom. The Labute approximate surface area is 117 Å². The molecule has 0 bridgehead atoms. The van der Waals surface area contributed by atoms with Crippen molar-refractivity contribution in [3.8, 4) is 11.4 Å². The number of aryl methyl sites for hydroxylation is 4. The van der Waals surface area contributed by atoms with Crippen LogP contribution in [0.25, 0.3) is 11.4 Å². The van der Waals surface area contributed by atoms with E-state index in [0.29, 0.717) is 0 Å². The Morgan fingerprint density at radius 1 is 0.850 bits per heavy atom. The molecule has 0 saturated carbocycles. The van der Waals surface area contributed by atoms with Gasteiger partial charge in [0.05, 0.1) is 10.4 Å². The zero-order chi connectivity index (χ0) is 14.3. The van der Waals surface area contributed by atoms with Crippen molar-refractivity contribution < 1.29 is 9.36 Å². The van der Waals surface area contributed by atoms with Crippen LogP contribution in [0, 0.1) is 13.8 Å². The monoisotopic (exact) mass is 270 g/mol. The summed E-state index contributed by atoms with van der Waals surface area (Å²) in [4.78, 5) is 0. The molecular weight excluding hydrogens is 252 g/mol. The van der Waals surface area contributed by atoms with Gasteiger partial charge in [-0.15, -0.1) is 18.7 Å². The average Bonchev–Trinajstić information content (AvgIpc) is 2.94. The van der Waals surface area contributed by atoms with Crippen LogP contribution in [0.2, 0.25) is 0 Å². The zero-order valence-corrected chi connectivity index (χ0v) is 12.1. The smallest absolute Gasteiger partial charge is 0.137 e. The Balaban J connectivity index is 2.05. The predicted molar refractivity (Wildman–Crippen MR) is 72.5 cm³/mol. The van der Waals surface area contributed by atoms with Crippen LogP contribution in [-0.2, 0) is 14.1 Å². The van der Waals surface area contributed by atoms with Crippen molar-refractivity contribution in [2.24, 2.45) is 14.1 Å². The molecule has 0 spiro atoms. The first kappa shape index (κ1) is 12.5. The lowest BCUT2D eigenvalue weighted by molar-refractivity contribution is -0.669. The molecule has 0 fully saturated rings. The van der Waals surface area contributed by atoms with Gasteiger partial charge in [-0.05, 0) is 12.1 Å². The van der Waals surface area contributed by atoms with E-state index in [2.05, 4.69) is 16.5 Å². The van der Waals surface area contributed by atoms with E-state index >= 15 is 0 Å². The van der Waals surface area contributed by atoms with Gasteiger partial charge in [0, 0.05) is 19.9 Å². The first-order valence-electron chi connectivity index (χ1n) is 6.50. The lowest BCUT2D eigenvalue weighted by Crippen LogP contribution is -2.36. The maximum atomic E-state index is 4.44. The standard InChI is InChI=1S/C14H18N6/c1-11-9-19(15-17(11)3)13-6-5-7-14(8-13)20-10-12(2)18(4)16-20/h5-10H,1-4H3/q+2. The van der Waals surface area contributed by atoms with E-state index < -0.39 is 0 Å². The summed E-state index contributed by atoms with van der Waals surface area (Å²) < 4.78 is 7.44. The lowest BCUT2D eigenvalue weighted by Gasteiger charge is -1.95. The minimum absolute atomic E-state index is 1.02. The molecular formula is C14H18N6+2. The van der Waals surface area contributed by atoms with Crippen LogP contribution in [0.1, 0.15) is 11.4 Å². The maximum absolute atomic E-state index is 4.44. The van der Waals surface area contributed by atoms with Gasteiger partial charge in [0.1, 0.15) is 14.1 Å². The molecule has 0 saturated heterocycles. The lowest BCUT2D eigenvalue weighted by atomic mass is 10.3. The fourth-order valence-corrected chi connectivity index (χ4v) is 2.03. The number of hydrogen-bond donors (Lipinski definition) is 0. The molecule has 0 aliphatic heterocycles. The highest BCUT2D eigenvalue weighted by Crippen LogP contribution is 2.05. The molecule has 2 aromatic heterocycles. The van der Waals surface area contributed by atoms with Crippen molar-refractivity contribution in [1.29, 1.82) is 0 Å². The summed E-state index contributed by atoms with van der Waals surface area (Å²) in [6.45, 7) is 4.06. The molecule has 3 aromatic rings. The molecule has 0 aliphatic carbocycles. The van der Waals surface area contributed by atoms with Crippen LogP contribution in [0.3, 0.4) is 0 Å². The fourth-order valence-electron chi connectivity index (χ4n) is 2.03. The second-order valence-electron chi connectivity index (χ2n) is 4.98. The van der Waals surface area contributed by atoms with E-state index in [1.807, 2.05) is 77.3 Å². The molecule has 0 radical (unpaired) electrons. The minimum atomic E-state index is 1.02. The minimum Gasteiger partial charge on any atom is -0.137 e. The van der Waals surface area contributed by atoms with Crippen molar-refractivity contribution in [1.82, 2.24) is 19.8 Å². The fraction of sp³-hybridized carbons (Fsp3) is 0.286. The molecule has 0 aliphatic rings. The molecule has 0 unspecified atom stereocenters. The summed E-state index contributed by atoms with van der Waals surface area (Å²) in [5.74, 6) is 0. The molecule has 102 valence electrons. The highest BCUT2D eigenvalue weighted by atomic mass is 15.5. The number of nitrogens with zero attached hydrogens (tertiary/aromatic N) is 6. The topological polar surface area (TPSA) is 43.4 Å². The van der Waals surface area contributed by atoms with Crippen LogP contribution in [0.15, 0.2) is 36.7 Å². The molecule has 2 heterocycles. The predicted octanol–water partition coefficient (Wildman–Crippen LogP) is 0.324. The number of hydrogen-bond acceptors (Lipinski definition) is 2. The Bertz CT molecular complexity index is 667. The quantitative estimate of drug-likeness (QED) is 0.630. The summed E-state index contributed by atoms with van der Waals surface area (Å²) in [5, 5.41) is 8.87. The molecule has 6 heteroatoms. The van der Waals surface area contributed by atoms with Crippen molar-refractivity contribution in [3.05, 3.63) is 48.0 Å². The molecule has 1 aromatic carbocycles. The molecule has 3 rings (SSSR count). The average molecular weight is 270 g/mol. The third-order valence-corrected chi connectivity index (χ3v) is 3.46. The van der Waals surface area contributed by atoms with E-state index in [1.54, 1.807) is 0 Å². The van der Waals surface area contributed by atoms with Crippen molar-refractivity contribution in [2.45, 2.75) is 13.8 Å². The zero-order valence-electron chi connectivity index (χ0n) is 12.1. The number of benzene rings is 1.